The Morgan fingerprint density at radius 3 is 1.03 bits per heavy atom. The van der Waals surface area contributed by atoms with E-state index in [9.17, 15) is 38.6 Å². The highest BCUT2D eigenvalue weighted by atomic mass is 35.5. The number of H-pyrrole nitrogens is 5. The van der Waals surface area contributed by atoms with Crippen LogP contribution in [0.2, 0.25) is 35.2 Å². The number of nitrogens with zero attached hydrogens (tertiary/aromatic N) is 14. The molecule has 0 fully saturated rings. The number of nitriles is 1. The fourth-order valence-electron chi connectivity index (χ4n) is 13.7. The van der Waals surface area contributed by atoms with Gasteiger partial charge in [-0.25, -0.2) is 53.3 Å². The lowest BCUT2D eigenvalue weighted by Gasteiger charge is -2.17. The van der Waals surface area contributed by atoms with Crippen molar-refractivity contribution in [2.75, 3.05) is 13.2 Å². The summed E-state index contributed by atoms with van der Waals surface area (Å²) in [4.78, 5) is 109. The Morgan fingerprint density at radius 1 is 0.405 bits per heavy atom. The van der Waals surface area contributed by atoms with Crippen molar-refractivity contribution in [3.05, 3.63) is 239 Å². The van der Waals surface area contributed by atoms with E-state index in [1.54, 1.807) is 91.5 Å². The number of nitrogens with one attached hydrogen (secondary N) is 5. The van der Waals surface area contributed by atoms with E-state index in [1.807, 2.05) is 72.7 Å². The summed E-state index contributed by atoms with van der Waals surface area (Å²) in [6.45, 7) is 17.5. The second-order valence-corrected chi connectivity index (χ2v) is 29.5. The number of aromatic amines is 5. The van der Waals surface area contributed by atoms with Crippen molar-refractivity contribution >= 4 is 164 Å². The molecule has 15 aromatic rings. The monoisotopic (exact) mass is 1750 g/mol. The number of fused-ring (bicyclic) bond motifs is 5. The number of aliphatic hydroxyl groups excluding tert-OH is 2. The third-order valence-corrected chi connectivity index (χ3v) is 21.2. The molecular formula is C80H81Cl7FN19O7S2. The number of halogens is 8. The van der Waals surface area contributed by atoms with Crippen LogP contribution in [0, 0.1) is 24.1 Å². The van der Waals surface area contributed by atoms with Gasteiger partial charge in [-0.2, -0.15) is 32.3 Å². The van der Waals surface area contributed by atoms with Crippen LogP contribution in [0.15, 0.2) is 159 Å². The molecule has 26 nitrogen and oxygen atoms in total. The van der Waals surface area contributed by atoms with Gasteiger partial charge in [0.15, 0.2) is 28.2 Å². The van der Waals surface area contributed by atoms with E-state index in [1.165, 1.54) is 35.6 Å². The smallest absolute Gasteiger partial charge is 0.328 e. The molecule has 0 aliphatic heterocycles. The predicted octanol–water partition coefficient (Wildman–Crippen LogP) is 18.5. The second-order valence-electron chi connectivity index (χ2n) is 26.6. The lowest BCUT2D eigenvalue weighted by atomic mass is 10.0. The van der Waals surface area contributed by atoms with E-state index < -0.39 is 5.82 Å². The Hall–Kier alpha value is -9.94. The minimum Gasteiger partial charge on any atom is -0.394 e. The number of hydrogen-bond donors (Lipinski definition) is 7. The SMILES string of the molecule is CC(C)n1c(=O)[nH]c2ncc(Cl)c(-c3ccc(Cl)cn3)c21.CCC(CC)n1c(=O)[nH]c2ncc(Cl)c(-c3ccc(Cl)cn3)c21.CCC(CC)n1c(=O)[nH]c2ncc(Cl)c(-c3ccncc3F)c21.CC[C@@H](CO)n1c(=O)[nH]c2ncc(Cl)c(-c3ccc(C#N)cc3)c21.CC[C@@H](CO)n1c(=O)[nH]c2ncc(Cl)c(-c3ccc(C)cc3)c21.S.S. The topological polar surface area (TPSA) is 356 Å². The van der Waals surface area contributed by atoms with Crippen LogP contribution in [-0.2, 0) is 0 Å². The molecule has 0 aliphatic rings. The maximum atomic E-state index is 14.2. The van der Waals surface area contributed by atoms with Gasteiger partial charge in [0, 0.05) is 101 Å². The second kappa shape index (κ2) is 39.8. The molecule has 0 amide bonds. The first-order valence-corrected chi connectivity index (χ1v) is 39.0. The molecule has 2 aromatic carbocycles. The van der Waals surface area contributed by atoms with Gasteiger partial charge in [-0.1, -0.05) is 165 Å². The molecule has 7 N–H and O–H groups in total. The summed E-state index contributed by atoms with van der Waals surface area (Å²) in [6, 6.07) is 24.9. The number of hydrogen-bond acceptors (Lipinski definition) is 16. The summed E-state index contributed by atoms with van der Waals surface area (Å²) in [5, 5.41) is 31.3. The van der Waals surface area contributed by atoms with Crippen molar-refractivity contribution in [3.63, 3.8) is 0 Å². The largest absolute Gasteiger partial charge is 0.394 e. The summed E-state index contributed by atoms with van der Waals surface area (Å²) in [6.07, 6.45) is 17.6. The van der Waals surface area contributed by atoms with Gasteiger partial charge in [-0.15, -0.1) is 0 Å². The maximum absolute atomic E-state index is 14.2. The van der Waals surface area contributed by atoms with Crippen molar-refractivity contribution < 1.29 is 14.6 Å². The third-order valence-electron chi connectivity index (χ3n) is 19.3. The van der Waals surface area contributed by atoms with Gasteiger partial charge in [0.1, 0.15) is 5.82 Å². The first kappa shape index (κ1) is 90.0. The molecule has 13 aromatic heterocycles. The highest BCUT2D eigenvalue weighted by Crippen LogP contribution is 2.41. The Balaban J connectivity index is 0.000000165. The van der Waals surface area contributed by atoms with Gasteiger partial charge in [0.2, 0.25) is 0 Å². The average Bonchev–Trinajstić information content (AvgIpc) is 1.60. The van der Waals surface area contributed by atoms with Gasteiger partial charge >= 0.3 is 28.4 Å². The Kier molecular flexibility index (Phi) is 30.9. The van der Waals surface area contributed by atoms with Crippen molar-refractivity contribution in [3.8, 4) is 62.0 Å². The summed E-state index contributed by atoms with van der Waals surface area (Å²) in [7, 11) is 0. The fourth-order valence-corrected chi connectivity index (χ4v) is 15.1. The zero-order chi connectivity index (χ0) is 82.1. The molecule has 0 bridgehead atoms. The summed E-state index contributed by atoms with van der Waals surface area (Å²) in [5.74, 6) is -0.494. The molecule has 0 radical (unpaired) electrons. The third kappa shape index (κ3) is 18.6. The van der Waals surface area contributed by atoms with Crippen LogP contribution >= 0.6 is 108 Å². The minimum absolute atomic E-state index is 0. The molecule has 0 spiro atoms. The van der Waals surface area contributed by atoms with Crippen molar-refractivity contribution in [2.45, 2.75) is 131 Å². The van der Waals surface area contributed by atoms with Crippen molar-refractivity contribution in [2.24, 2.45) is 0 Å². The van der Waals surface area contributed by atoms with Crippen molar-refractivity contribution in [1.29, 1.82) is 5.26 Å². The highest BCUT2D eigenvalue weighted by Gasteiger charge is 2.28. The van der Waals surface area contributed by atoms with Crippen LogP contribution in [-0.4, -0.2) is 111 Å². The van der Waals surface area contributed by atoms with Crippen LogP contribution in [0.25, 0.3) is 112 Å². The number of aryl methyl sites for hydroxylation is 1. The van der Waals surface area contributed by atoms with E-state index >= 15 is 0 Å². The number of pyridine rings is 8. The lowest BCUT2D eigenvalue weighted by Crippen LogP contribution is -2.24. The molecule has 0 unspecified atom stereocenters. The number of benzene rings is 2. The van der Waals surface area contributed by atoms with Gasteiger partial charge in [0.05, 0.1) is 117 Å². The first-order valence-electron chi connectivity index (χ1n) is 36.4. The molecule has 0 saturated heterocycles. The molecule has 2 atom stereocenters. The maximum Gasteiger partial charge on any atom is 0.328 e. The van der Waals surface area contributed by atoms with Crippen LogP contribution in [0.1, 0.15) is 135 Å². The van der Waals surface area contributed by atoms with Crippen LogP contribution < -0.4 is 28.4 Å². The van der Waals surface area contributed by atoms with E-state index in [2.05, 4.69) is 84.7 Å². The standard InChI is InChI=1S/C17H15ClN4O2.C17H18ClN3O2.C16H16Cl2N4O.C16H16ClFN4O.C14H12Cl2N4O.2H2S/c1-2-12(9-23)22-15-14(11-5-3-10(7-19)4-6-11)13(18)8-20-16(15)21-17(22)24;1-3-12(9-22)21-15-14(11-6-4-10(2)5-7-11)13(18)8-19-16(15)20-17(21)23;1-3-10(4-2)22-14-13(12-6-5-9(17)7-19-12)11(18)8-20-15(14)21-16(22)23;1-3-9(4-2)22-14-13(10-5-6-19-8-12(10)18)11(17)7-20-15(14)21-16(22)23;1-7(2)20-12-11(10-4-3-8(15)5-17-10)9(16)6-18-13(12)19-14(20)21;;/h3-6,8,12,23H,2,9H2,1H3,(H,20,21,24);4-8,12,22H,3,9H2,1-2H3,(H,19,20,23);5-8,10H,3-4H2,1-2H3,(H,20,21,23);5-9H,3-4H2,1-2H3,(H,20,21,23);3-7H,1-2H3,(H,18,19,21);2*1H2/t2*12-;;;;;/m00...../s1. The summed E-state index contributed by atoms with van der Waals surface area (Å²) >= 11 is 43.5. The fraction of sp³-hybridized carbons (Fsp3) is 0.275. The Morgan fingerprint density at radius 2 is 0.716 bits per heavy atom. The average molecular weight is 1750 g/mol. The normalized spacial score (nSPS) is 11.7. The van der Waals surface area contributed by atoms with E-state index in [-0.39, 0.29) is 98.9 Å². The van der Waals surface area contributed by atoms with E-state index in [0.717, 1.165) is 54.1 Å². The van der Waals surface area contributed by atoms with Gasteiger partial charge in [0.25, 0.3) is 0 Å². The van der Waals surface area contributed by atoms with Gasteiger partial charge in [-0.05, 0) is 113 Å². The molecule has 0 saturated carbocycles. The van der Waals surface area contributed by atoms with E-state index in [0.29, 0.717) is 149 Å². The molecule has 606 valence electrons. The van der Waals surface area contributed by atoms with Gasteiger partial charge in [-0.3, -0.25) is 62.7 Å². The zero-order valence-corrected chi connectivity index (χ0v) is 71.3. The van der Waals surface area contributed by atoms with E-state index in [4.69, 9.17) is 86.5 Å². The van der Waals surface area contributed by atoms with Crippen LogP contribution in [0.3, 0.4) is 0 Å². The number of aromatic nitrogens is 18. The molecule has 36 heteroatoms. The number of aliphatic hydroxyl groups is 2. The number of rotatable bonds is 18. The molecule has 13 heterocycles. The molecule has 116 heavy (non-hydrogen) atoms. The highest BCUT2D eigenvalue weighted by molar-refractivity contribution is 7.59. The minimum atomic E-state index is -0.494. The van der Waals surface area contributed by atoms with Gasteiger partial charge < -0.3 is 10.2 Å². The number of imidazole rings is 5. The predicted molar refractivity (Wildman–Crippen MR) is 470 cm³/mol. The van der Waals surface area contributed by atoms with Crippen LogP contribution in [0.4, 0.5) is 4.39 Å². The molecule has 0 aliphatic carbocycles. The zero-order valence-electron chi connectivity index (χ0n) is 64.0. The summed E-state index contributed by atoms with van der Waals surface area (Å²) in [5.41, 5.74) is 12.2. The Bertz CT molecular complexity index is 6190. The Labute approximate surface area is 711 Å². The van der Waals surface area contributed by atoms with Crippen molar-refractivity contribution in [1.82, 2.24) is 87.6 Å². The first-order chi connectivity index (χ1) is 54.8. The summed E-state index contributed by atoms with van der Waals surface area (Å²) < 4.78 is 22.3. The molecular weight excluding hydrogens is 1670 g/mol. The van der Waals surface area contributed by atoms with Crippen LogP contribution in [0.5, 0.6) is 0 Å². The quantitative estimate of drug-likeness (QED) is 0.0420. The lowest BCUT2D eigenvalue weighted by molar-refractivity contribution is 0.224. The molecule has 15 rings (SSSR count).